The van der Waals surface area contributed by atoms with Crippen molar-refractivity contribution < 1.29 is 0 Å². The summed E-state index contributed by atoms with van der Waals surface area (Å²) in [5.74, 6) is 0.841. The highest BCUT2D eigenvalue weighted by Crippen LogP contribution is 2.08. The van der Waals surface area contributed by atoms with Crippen LogP contribution in [0.2, 0.25) is 0 Å². The van der Waals surface area contributed by atoms with Crippen molar-refractivity contribution in [2.45, 2.75) is 20.3 Å². The van der Waals surface area contributed by atoms with E-state index in [1.165, 1.54) is 6.20 Å². The molecule has 0 spiro atoms. The Morgan fingerprint density at radius 1 is 1.36 bits per heavy atom. The average Bonchev–Trinajstić information content (AvgIpc) is 2.26. The lowest BCUT2D eigenvalue weighted by Gasteiger charge is -2.20. The van der Waals surface area contributed by atoms with E-state index in [-0.39, 0.29) is 0 Å². The first-order chi connectivity index (χ1) is 6.81. The first-order valence-electron chi connectivity index (χ1n) is 4.78. The molecule has 14 heavy (non-hydrogen) atoms. The largest absolute Gasteiger partial charge is 0.356 e. The number of nitriles is 1. The van der Waals surface area contributed by atoms with E-state index < -0.39 is 0 Å². The molecular formula is C10H14N4. The van der Waals surface area contributed by atoms with E-state index in [1.807, 2.05) is 6.07 Å². The number of anilines is 1. The zero-order chi connectivity index (χ0) is 10.4. The van der Waals surface area contributed by atoms with Crippen molar-refractivity contribution >= 4 is 5.82 Å². The molecule has 0 N–H and O–H groups in total. The maximum atomic E-state index is 8.56. The van der Waals surface area contributed by atoms with Gasteiger partial charge in [0.05, 0.1) is 12.4 Å². The molecule has 74 valence electrons. The molecule has 0 unspecified atom stereocenters. The Morgan fingerprint density at radius 3 is 2.57 bits per heavy atom. The van der Waals surface area contributed by atoms with Crippen molar-refractivity contribution in [3.05, 3.63) is 18.1 Å². The minimum absolute atomic E-state index is 0.362. The summed E-state index contributed by atoms with van der Waals surface area (Å²) in [6.07, 6.45) is 4.24. The number of nitrogens with zero attached hydrogens (tertiary/aromatic N) is 4. The molecule has 1 rings (SSSR count). The highest BCUT2D eigenvalue weighted by Gasteiger charge is 2.04. The SMILES string of the molecule is CCCN(CC)c1cnc(C#N)cn1. The average molecular weight is 190 g/mol. The van der Waals surface area contributed by atoms with Crippen molar-refractivity contribution in [1.29, 1.82) is 5.26 Å². The number of hydrogen-bond acceptors (Lipinski definition) is 4. The van der Waals surface area contributed by atoms with Crippen LogP contribution < -0.4 is 4.90 Å². The maximum absolute atomic E-state index is 8.56. The Labute approximate surface area is 84.2 Å². The fourth-order valence-electron chi connectivity index (χ4n) is 1.25. The molecule has 0 aliphatic heterocycles. The van der Waals surface area contributed by atoms with E-state index in [4.69, 9.17) is 5.26 Å². The summed E-state index contributed by atoms with van der Waals surface area (Å²) >= 11 is 0. The summed E-state index contributed by atoms with van der Waals surface area (Å²) in [6.45, 7) is 6.08. The van der Waals surface area contributed by atoms with Gasteiger partial charge >= 0.3 is 0 Å². The molecule has 1 heterocycles. The topological polar surface area (TPSA) is 52.8 Å². The lowest BCUT2D eigenvalue weighted by atomic mass is 10.4. The Balaban J connectivity index is 2.79. The van der Waals surface area contributed by atoms with Crippen LogP contribution in [0.25, 0.3) is 0 Å². The summed E-state index contributed by atoms with van der Waals surface area (Å²) in [6, 6.07) is 1.95. The Hall–Kier alpha value is -1.63. The smallest absolute Gasteiger partial charge is 0.158 e. The molecular weight excluding hydrogens is 176 g/mol. The Kier molecular flexibility index (Phi) is 3.86. The van der Waals surface area contributed by atoms with Crippen molar-refractivity contribution in [1.82, 2.24) is 9.97 Å². The van der Waals surface area contributed by atoms with Gasteiger partial charge in [-0.05, 0) is 13.3 Å². The first-order valence-corrected chi connectivity index (χ1v) is 4.78. The number of aromatic nitrogens is 2. The summed E-state index contributed by atoms with van der Waals surface area (Å²) in [4.78, 5) is 10.3. The van der Waals surface area contributed by atoms with Crippen LogP contribution in [-0.4, -0.2) is 23.1 Å². The van der Waals surface area contributed by atoms with Crippen LogP contribution in [-0.2, 0) is 0 Å². The third-order valence-corrected chi connectivity index (χ3v) is 1.95. The second-order valence-electron chi connectivity index (χ2n) is 2.95. The fourth-order valence-corrected chi connectivity index (χ4v) is 1.25. The second kappa shape index (κ2) is 5.18. The van der Waals surface area contributed by atoms with Crippen LogP contribution in [0, 0.1) is 11.3 Å². The molecule has 0 aliphatic carbocycles. The molecule has 0 saturated heterocycles. The molecule has 0 amide bonds. The fraction of sp³-hybridized carbons (Fsp3) is 0.500. The molecule has 4 nitrogen and oxygen atoms in total. The van der Waals surface area contributed by atoms with Crippen molar-refractivity contribution in [2.24, 2.45) is 0 Å². The van der Waals surface area contributed by atoms with Crippen LogP contribution in [0.3, 0.4) is 0 Å². The van der Waals surface area contributed by atoms with Gasteiger partial charge < -0.3 is 4.90 Å². The van der Waals surface area contributed by atoms with E-state index in [9.17, 15) is 0 Å². The minimum Gasteiger partial charge on any atom is -0.356 e. The third-order valence-electron chi connectivity index (χ3n) is 1.95. The van der Waals surface area contributed by atoms with Gasteiger partial charge in [0.1, 0.15) is 11.9 Å². The van der Waals surface area contributed by atoms with Crippen molar-refractivity contribution in [3.63, 3.8) is 0 Å². The molecule has 0 fully saturated rings. The van der Waals surface area contributed by atoms with E-state index in [2.05, 4.69) is 28.7 Å². The molecule has 0 aliphatic rings. The van der Waals surface area contributed by atoms with Crippen LogP contribution in [0.15, 0.2) is 12.4 Å². The van der Waals surface area contributed by atoms with E-state index in [1.54, 1.807) is 6.20 Å². The van der Waals surface area contributed by atoms with Crippen LogP contribution in [0.5, 0.6) is 0 Å². The van der Waals surface area contributed by atoms with E-state index in [0.29, 0.717) is 5.69 Å². The zero-order valence-electron chi connectivity index (χ0n) is 8.56. The molecule has 1 aromatic heterocycles. The molecule has 0 aromatic carbocycles. The van der Waals surface area contributed by atoms with E-state index >= 15 is 0 Å². The maximum Gasteiger partial charge on any atom is 0.158 e. The Morgan fingerprint density at radius 2 is 2.14 bits per heavy atom. The summed E-state index contributed by atoms with van der Waals surface area (Å²) < 4.78 is 0. The van der Waals surface area contributed by atoms with Gasteiger partial charge in [0.2, 0.25) is 0 Å². The quantitative estimate of drug-likeness (QED) is 0.723. The zero-order valence-corrected chi connectivity index (χ0v) is 8.56. The van der Waals surface area contributed by atoms with E-state index in [0.717, 1.165) is 25.3 Å². The van der Waals surface area contributed by atoms with Gasteiger partial charge in [0.15, 0.2) is 5.69 Å². The van der Waals surface area contributed by atoms with Crippen molar-refractivity contribution in [2.75, 3.05) is 18.0 Å². The lowest BCUT2D eigenvalue weighted by Crippen LogP contribution is -2.24. The highest BCUT2D eigenvalue weighted by molar-refractivity contribution is 5.36. The first kappa shape index (κ1) is 10.5. The number of rotatable bonds is 4. The monoisotopic (exact) mass is 190 g/mol. The molecule has 0 radical (unpaired) electrons. The summed E-state index contributed by atoms with van der Waals surface area (Å²) in [7, 11) is 0. The molecule has 0 saturated carbocycles. The standard InChI is InChI=1S/C10H14N4/c1-3-5-14(4-2)10-8-12-9(6-11)7-13-10/h7-8H,3-5H2,1-2H3. The highest BCUT2D eigenvalue weighted by atomic mass is 15.2. The van der Waals surface area contributed by atoms with Crippen molar-refractivity contribution in [3.8, 4) is 6.07 Å². The lowest BCUT2D eigenvalue weighted by molar-refractivity contribution is 0.775. The van der Waals surface area contributed by atoms with Gasteiger partial charge in [-0.2, -0.15) is 5.26 Å². The molecule has 0 atom stereocenters. The predicted molar refractivity (Wildman–Crippen MR) is 54.9 cm³/mol. The number of hydrogen-bond donors (Lipinski definition) is 0. The third kappa shape index (κ3) is 2.43. The van der Waals surface area contributed by atoms with Gasteiger partial charge in [-0.15, -0.1) is 0 Å². The Bertz CT molecular complexity index is 312. The summed E-state index contributed by atoms with van der Waals surface area (Å²) in [5.41, 5.74) is 0.362. The van der Waals surface area contributed by atoms with Gasteiger partial charge in [0.25, 0.3) is 0 Å². The van der Waals surface area contributed by atoms with Gasteiger partial charge in [0, 0.05) is 13.1 Å². The molecule has 0 bridgehead atoms. The second-order valence-corrected chi connectivity index (χ2v) is 2.95. The van der Waals surface area contributed by atoms with Crippen LogP contribution in [0.4, 0.5) is 5.82 Å². The summed E-state index contributed by atoms with van der Waals surface area (Å²) in [5, 5.41) is 8.56. The molecule has 4 heteroatoms. The normalized spacial score (nSPS) is 9.50. The van der Waals surface area contributed by atoms with Gasteiger partial charge in [-0.3, -0.25) is 0 Å². The minimum atomic E-state index is 0.362. The molecule has 1 aromatic rings. The van der Waals surface area contributed by atoms with Gasteiger partial charge in [-0.1, -0.05) is 6.92 Å². The van der Waals surface area contributed by atoms with Crippen LogP contribution in [0.1, 0.15) is 26.0 Å². The predicted octanol–water partition coefficient (Wildman–Crippen LogP) is 1.58. The van der Waals surface area contributed by atoms with Gasteiger partial charge in [-0.25, -0.2) is 9.97 Å². The van der Waals surface area contributed by atoms with Crippen LogP contribution >= 0.6 is 0 Å².